The van der Waals surface area contributed by atoms with Crippen molar-refractivity contribution in [1.82, 2.24) is 0 Å². The first-order chi connectivity index (χ1) is 12.2. The monoisotopic (exact) mass is 326 g/mol. The van der Waals surface area contributed by atoms with Crippen LogP contribution in [0, 0.1) is 25.2 Å². The van der Waals surface area contributed by atoms with Crippen molar-refractivity contribution in [2.75, 3.05) is 0 Å². The fourth-order valence-electron chi connectivity index (χ4n) is 2.45. The normalized spacial score (nSPS) is 11.0. The quantitative estimate of drug-likeness (QED) is 0.482. The first kappa shape index (κ1) is 16.5. The number of hydrogen-bond donors (Lipinski definition) is 0. The van der Waals surface area contributed by atoms with Gasteiger partial charge in [0.15, 0.2) is 0 Å². The van der Waals surface area contributed by atoms with Crippen LogP contribution in [0.4, 0.5) is 5.69 Å². The number of nitriles is 1. The Morgan fingerprint density at radius 3 is 2.36 bits per heavy atom. The van der Waals surface area contributed by atoms with Crippen molar-refractivity contribution in [3.8, 4) is 11.8 Å². The van der Waals surface area contributed by atoms with Crippen LogP contribution >= 0.6 is 0 Å². The minimum atomic E-state index is 0.469. The van der Waals surface area contributed by atoms with Crippen LogP contribution < -0.4 is 4.74 Å². The van der Waals surface area contributed by atoms with Crippen LogP contribution in [0.5, 0.6) is 5.75 Å². The van der Waals surface area contributed by atoms with Crippen molar-refractivity contribution in [3.05, 3.63) is 95.1 Å². The number of para-hydroxylation sites is 1. The second-order valence-electron chi connectivity index (χ2n) is 5.71. The van der Waals surface area contributed by atoms with E-state index < -0.39 is 0 Å². The van der Waals surface area contributed by atoms with Crippen LogP contribution in [0.3, 0.4) is 0 Å². The van der Waals surface area contributed by atoms with Gasteiger partial charge in [0.05, 0.1) is 11.3 Å². The van der Waals surface area contributed by atoms with Gasteiger partial charge in [0.25, 0.3) is 0 Å². The van der Waals surface area contributed by atoms with Crippen LogP contribution in [0.1, 0.15) is 22.3 Å². The van der Waals surface area contributed by atoms with E-state index in [1.165, 1.54) is 5.56 Å². The third-order valence-electron chi connectivity index (χ3n) is 4.03. The first-order valence-corrected chi connectivity index (χ1v) is 8.06. The van der Waals surface area contributed by atoms with Gasteiger partial charge >= 0.3 is 0 Å². The van der Waals surface area contributed by atoms with Crippen LogP contribution in [-0.4, -0.2) is 5.90 Å². The molecule has 0 aliphatic rings. The van der Waals surface area contributed by atoms with Crippen molar-refractivity contribution in [2.24, 2.45) is 4.99 Å². The van der Waals surface area contributed by atoms with Crippen LogP contribution in [0.25, 0.3) is 0 Å². The second kappa shape index (κ2) is 7.46. The van der Waals surface area contributed by atoms with Gasteiger partial charge in [-0.15, -0.1) is 0 Å². The highest BCUT2D eigenvalue weighted by atomic mass is 16.5. The Balaban J connectivity index is 2.09. The Bertz CT molecular complexity index is 953. The Hall–Kier alpha value is -3.38. The van der Waals surface area contributed by atoms with Gasteiger partial charge in [-0.1, -0.05) is 42.5 Å². The molecule has 0 atom stereocenters. The third kappa shape index (κ3) is 3.76. The van der Waals surface area contributed by atoms with Gasteiger partial charge in [0.1, 0.15) is 11.8 Å². The molecule has 0 unspecified atom stereocenters. The molecule has 3 heteroatoms. The summed E-state index contributed by atoms with van der Waals surface area (Å²) in [5, 5.41) is 9.30. The predicted octanol–water partition coefficient (Wildman–Crippen LogP) is 5.33. The van der Waals surface area contributed by atoms with Crippen LogP contribution in [0.15, 0.2) is 77.8 Å². The van der Waals surface area contributed by atoms with E-state index in [0.29, 0.717) is 17.2 Å². The number of aryl methyl sites for hydroxylation is 1. The highest BCUT2D eigenvalue weighted by Crippen LogP contribution is 2.24. The molecule has 0 aromatic heterocycles. The van der Waals surface area contributed by atoms with Crippen molar-refractivity contribution >= 4 is 11.6 Å². The van der Waals surface area contributed by atoms with Crippen molar-refractivity contribution in [2.45, 2.75) is 13.8 Å². The first-order valence-electron chi connectivity index (χ1n) is 8.06. The molecule has 0 bridgehead atoms. The number of aliphatic imine (C=N–C) groups is 1. The van der Waals surface area contributed by atoms with E-state index in [-0.39, 0.29) is 0 Å². The Kier molecular flexibility index (Phi) is 4.92. The summed E-state index contributed by atoms with van der Waals surface area (Å²) in [5.74, 6) is 0.968. The minimum Gasteiger partial charge on any atom is -0.437 e. The summed E-state index contributed by atoms with van der Waals surface area (Å²) < 4.78 is 6.05. The summed E-state index contributed by atoms with van der Waals surface area (Å²) >= 11 is 0. The van der Waals surface area contributed by atoms with Crippen molar-refractivity contribution in [3.63, 3.8) is 0 Å². The van der Waals surface area contributed by atoms with E-state index in [0.717, 1.165) is 16.8 Å². The number of hydrogen-bond acceptors (Lipinski definition) is 3. The highest BCUT2D eigenvalue weighted by molar-refractivity contribution is 5.97. The zero-order valence-corrected chi connectivity index (χ0v) is 14.2. The summed E-state index contributed by atoms with van der Waals surface area (Å²) in [6, 6.07) is 25.0. The van der Waals surface area contributed by atoms with E-state index in [4.69, 9.17) is 9.73 Å². The number of ether oxygens (including phenoxy) is 1. The Morgan fingerprint density at radius 1 is 0.880 bits per heavy atom. The Labute approximate surface area is 147 Å². The Morgan fingerprint density at radius 2 is 1.60 bits per heavy atom. The summed E-state index contributed by atoms with van der Waals surface area (Å²) in [6.45, 7) is 4.10. The van der Waals surface area contributed by atoms with Crippen molar-refractivity contribution in [1.29, 1.82) is 5.26 Å². The standard InChI is InChI=1S/C22H18N2O/c1-16-9-8-13-20(17(16)2)24-22(18-10-4-3-5-11-18)25-21-14-7-6-12-19(21)15-23/h3-14H,1-2H3. The van der Waals surface area contributed by atoms with E-state index in [9.17, 15) is 5.26 Å². The molecule has 3 rings (SSSR count). The molecule has 3 aromatic rings. The van der Waals surface area contributed by atoms with Gasteiger partial charge in [0, 0.05) is 5.56 Å². The van der Waals surface area contributed by atoms with Gasteiger partial charge in [-0.25, -0.2) is 4.99 Å². The summed E-state index contributed by atoms with van der Waals surface area (Å²) in [5.41, 5.74) is 4.47. The fourth-order valence-corrected chi connectivity index (χ4v) is 2.45. The molecule has 0 aliphatic carbocycles. The maximum Gasteiger partial charge on any atom is 0.227 e. The molecule has 0 N–H and O–H groups in total. The molecule has 0 aliphatic heterocycles. The fraction of sp³-hybridized carbons (Fsp3) is 0.0909. The maximum atomic E-state index is 9.30. The molecule has 0 radical (unpaired) electrons. The van der Waals surface area contributed by atoms with E-state index in [1.54, 1.807) is 12.1 Å². The van der Waals surface area contributed by atoms with Gasteiger partial charge in [0.2, 0.25) is 5.90 Å². The topological polar surface area (TPSA) is 45.4 Å². The second-order valence-corrected chi connectivity index (χ2v) is 5.71. The predicted molar refractivity (Wildman–Crippen MR) is 100 cm³/mol. The molecule has 0 heterocycles. The van der Waals surface area contributed by atoms with E-state index >= 15 is 0 Å². The molecular weight excluding hydrogens is 308 g/mol. The molecule has 0 fully saturated rings. The van der Waals surface area contributed by atoms with Crippen LogP contribution in [0.2, 0.25) is 0 Å². The molecule has 25 heavy (non-hydrogen) atoms. The maximum absolute atomic E-state index is 9.30. The largest absolute Gasteiger partial charge is 0.437 e. The molecule has 122 valence electrons. The van der Waals surface area contributed by atoms with Gasteiger partial charge < -0.3 is 4.74 Å². The van der Waals surface area contributed by atoms with Crippen molar-refractivity contribution < 1.29 is 4.74 Å². The lowest BCUT2D eigenvalue weighted by molar-refractivity contribution is 0.551. The lowest BCUT2D eigenvalue weighted by atomic mass is 10.1. The molecule has 0 saturated heterocycles. The minimum absolute atomic E-state index is 0.469. The van der Waals surface area contributed by atoms with Gasteiger partial charge in [-0.2, -0.15) is 5.26 Å². The number of benzene rings is 3. The highest BCUT2D eigenvalue weighted by Gasteiger charge is 2.11. The number of rotatable bonds is 3. The van der Waals surface area contributed by atoms with Gasteiger partial charge in [-0.05, 0) is 55.3 Å². The molecular formula is C22H18N2O. The molecule has 3 aromatic carbocycles. The van der Waals surface area contributed by atoms with E-state index in [1.807, 2.05) is 61.5 Å². The van der Waals surface area contributed by atoms with E-state index in [2.05, 4.69) is 19.1 Å². The molecule has 0 saturated carbocycles. The average Bonchev–Trinajstić information content (AvgIpc) is 2.66. The lowest BCUT2D eigenvalue weighted by Crippen LogP contribution is -2.11. The zero-order valence-electron chi connectivity index (χ0n) is 14.2. The number of nitrogens with zero attached hydrogens (tertiary/aromatic N) is 2. The summed E-state index contributed by atoms with van der Waals surface area (Å²) in [6.07, 6.45) is 0. The van der Waals surface area contributed by atoms with Gasteiger partial charge in [-0.3, -0.25) is 0 Å². The zero-order chi connectivity index (χ0) is 17.6. The molecule has 3 nitrogen and oxygen atoms in total. The van der Waals surface area contributed by atoms with Crippen LogP contribution in [-0.2, 0) is 0 Å². The molecule has 0 amide bonds. The molecule has 0 spiro atoms. The third-order valence-corrected chi connectivity index (χ3v) is 4.03. The lowest BCUT2D eigenvalue weighted by Gasteiger charge is -2.12. The SMILES string of the molecule is Cc1cccc(N=C(Oc2ccccc2C#N)c2ccccc2)c1C. The smallest absolute Gasteiger partial charge is 0.227 e. The average molecular weight is 326 g/mol. The summed E-state index contributed by atoms with van der Waals surface area (Å²) in [7, 11) is 0. The summed E-state index contributed by atoms with van der Waals surface area (Å²) in [4.78, 5) is 4.74.